The molecule has 4 nitrogen and oxygen atoms in total. The maximum absolute atomic E-state index is 5.95. The molecule has 4 heteroatoms. The van der Waals surface area contributed by atoms with Crippen molar-refractivity contribution >= 4 is 11.0 Å². The van der Waals surface area contributed by atoms with Crippen molar-refractivity contribution in [2.45, 2.75) is 25.8 Å². The van der Waals surface area contributed by atoms with Gasteiger partial charge in [0.2, 0.25) is 0 Å². The Labute approximate surface area is 117 Å². The van der Waals surface area contributed by atoms with E-state index in [1.165, 1.54) is 0 Å². The number of furan rings is 2. The second-order valence-corrected chi connectivity index (χ2v) is 4.98. The number of fused-ring (bicyclic) bond motifs is 1. The van der Waals surface area contributed by atoms with Crippen LogP contribution in [0.2, 0.25) is 0 Å². The van der Waals surface area contributed by atoms with Gasteiger partial charge in [0.25, 0.3) is 0 Å². The zero-order valence-corrected chi connectivity index (χ0v) is 11.4. The Balaban J connectivity index is 1.81. The van der Waals surface area contributed by atoms with E-state index in [-0.39, 0.29) is 6.04 Å². The van der Waals surface area contributed by atoms with Gasteiger partial charge in [-0.3, -0.25) is 5.84 Å². The van der Waals surface area contributed by atoms with E-state index in [9.17, 15) is 0 Å². The first kappa shape index (κ1) is 13.0. The number of aryl methyl sites for hydroxylation is 2. The molecule has 1 aromatic carbocycles. The summed E-state index contributed by atoms with van der Waals surface area (Å²) in [4.78, 5) is 0. The smallest absolute Gasteiger partial charge is 0.137 e. The zero-order valence-electron chi connectivity index (χ0n) is 11.4. The molecule has 0 saturated carbocycles. The first-order valence-corrected chi connectivity index (χ1v) is 6.75. The van der Waals surface area contributed by atoms with Crippen molar-refractivity contribution in [1.82, 2.24) is 5.43 Å². The third-order valence-corrected chi connectivity index (χ3v) is 3.56. The van der Waals surface area contributed by atoms with Crippen molar-refractivity contribution < 1.29 is 8.83 Å². The number of hydrogen-bond donors (Lipinski definition) is 2. The number of nitrogens with one attached hydrogen (secondary N) is 1. The van der Waals surface area contributed by atoms with Gasteiger partial charge in [-0.2, -0.15) is 0 Å². The van der Waals surface area contributed by atoms with Crippen molar-refractivity contribution in [2.24, 2.45) is 5.84 Å². The second kappa shape index (κ2) is 5.53. The molecule has 3 rings (SSSR count). The van der Waals surface area contributed by atoms with Gasteiger partial charge in [-0.1, -0.05) is 18.2 Å². The SMILES string of the molecule is Cc1cccc2cc(C(CCc3ccco3)NN)oc12. The molecule has 2 aromatic heterocycles. The van der Waals surface area contributed by atoms with Crippen molar-refractivity contribution in [3.05, 3.63) is 59.7 Å². The molecule has 0 aliphatic heterocycles. The Bertz CT molecular complexity index is 686. The molecular formula is C16H18N2O2. The average Bonchev–Trinajstić information content (AvgIpc) is 3.09. The van der Waals surface area contributed by atoms with E-state index in [0.29, 0.717) is 0 Å². The lowest BCUT2D eigenvalue weighted by Gasteiger charge is -2.12. The number of hydrazine groups is 1. The molecule has 20 heavy (non-hydrogen) atoms. The number of para-hydroxylation sites is 1. The molecule has 0 aliphatic carbocycles. The summed E-state index contributed by atoms with van der Waals surface area (Å²) in [7, 11) is 0. The van der Waals surface area contributed by atoms with Gasteiger partial charge in [0.1, 0.15) is 17.1 Å². The Morgan fingerprint density at radius 1 is 1.25 bits per heavy atom. The van der Waals surface area contributed by atoms with Gasteiger partial charge in [0.15, 0.2) is 0 Å². The van der Waals surface area contributed by atoms with Crippen LogP contribution in [0.1, 0.15) is 29.5 Å². The molecule has 0 amide bonds. The summed E-state index contributed by atoms with van der Waals surface area (Å²) < 4.78 is 11.3. The highest BCUT2D eigenvalue weighted by Crippen LogP contribution is 2.28. The van der Waals surface area contributed by atoms with Crippen LogP contribution in [0.3, 0.4) is 0 Å². The minimum absolute atomic E-state index is 0.0214. The molecule has 1 unspecified atom stereocenters. The quantitative estimate of drug-likeness (QED) is 0.550. The predicted molar refractivity (Wildman–Crippen MR) is 78.0 cm³/mol. The summed E-state index contributed by atoms with van der Waals surface area (Å²) in [6.07, 6.45) is 3.32. The molecule has 3 N–H and O–H groups in total. The molecule has 0 saturated heterocycles. The number of rotatable bonds is 5. The lowest BCUT2D eigenvalue weighted by Crippen LogP contribution is -2.28. The van der Waals surface area contributed by atoms with Crippen LogP contribution in [0, 0.1) is 6.92 Å². The zero-order chi connectivity index (χ0) is 13.9. The summed E-state index contributed by atoms with van der Waals surface area (Å²) in [6.45, 7) is 2.04. The van der Waals surface area contributed by atoms with Crippen LogP contribution >= 0.6 is 0 Å². The summed E-state index contributed by atoms with van der Waals surface area (Å²) in [6, 6.07) is 12.0. The minimum Gasteiger partial charge on any atom is -0.469 e. The number of benzene rings is 1. The van der Waals surface area contributed by atoms with E-state index in [2.05, 4.69) is 17.6 Å². The molecule has 0 bridgehead atoms. The van der Waals surface area contributed by atoms with Crippen LogP contribution in [-0.2, 0) is 6.42 Å². The van der Waals surface area contributed by atoms with E-state index >= 15 is 0 Å². The topological polar surface area (TPSA) is 64.3 Å². The first-order valence-electron chi connectivity index (χ1n) is 6.75. The van der Waals surface area contributed by atoms with E-state index in [1.54, 1.807) is 6.26 Å². The average molecular weight is 270 g/mol. The molecule has 0 radical (unpaired) electrons. The molecule has 3 aromatic rings. The third kappa shape index (κ3) is 2.48. The van der Waals surface area contributed by atoms with Gasteiger partial charge in [-0.05, 0) is 37.1 Å². The monoisotopic (exact) mass is 270 g/mol. The van der Waals surface area contributed by atoms with E-state index in [4.69, 9.17) is 14.7 Å². The van der Waals surface area contributed by atoms with E-state index in [0.717, 1.165) is 40.9 Å². The van der Waals surface area contributed by atoms with E-state index in [1.807, 2.05) is 31.2 Å². The standard InChI is InChI=1S/C16H18N2O2/c1-11-4-2-5-12-10-15(20-16(11)12)14(18-17)8-7-13-6-3-9-19-13/h2-6,9-10,14,18H,7-8,17H2,1H3. The van der Waals surface area contributed by atoms with E-state index < -0.39 is 0 Å². The van der Waals surface area contributed by atoms with Gasteiger partial charge < -0.3 is 8.83 Å². The van der Waals surface area contributed by atoms with Gasteiger partial charge in [-0.25, -0.2) is 5.43 Å². The maximum Gasteiger partial charge on any atom is 0.137 e. The highest BCUT2D eigenvalue weighted by Gasteiger charge is 2.16. The number of hydrogen-bond acceptors (Lipinski definition) is 4. The summed E-state index contributed by atoms with van der Waals surface area (Å²) in [5.74, 6) is 7.48. The highest BCUT2D eigenvalue weighted by atomic mass is 16.3. The van der Waals surface area contributed by atoms with Crippen LogP contribution in [-0.4, -0.2) is 0 Å². The largest absolute Gasteiger partial charge is 0.469 e. The molecule has 0 spiro atoms. The number of nitrogens with two attached hydrogens (primary N) is 1. The maximum atomic E-state index is 5.95. The predicted octanol–water partition coefficient (Wildman–Crippen LogP) is 3.47. The first-order chi connectivity index (χ1) is 9.78. The molecule has 0 aliphatic rings. The summed E-state index contributed by atoms with van der Waals surface area (Å²) >= 11 is 0. The van der Waals surface area contributed by atoms with Gasteiger partial charge in [0, 0.05) is 11.8 Å². The Morgan fingerprint density at radius 3 is 2.85 bits per heavy atom. The third-order valence-electron chi connectivity index (χ3n) is 3.56. The molecule has 0 fully saturated rings. The molecule has 1 atom stereocenters. The van der Waals surface area contributed by atoms with Crippen molar-refractivity contribution in [1.29, 1.82) is 0 Å². The fourth-order valence-corrected chi connectivity index (χ4v) is 2.45. The molecule has 2 heterocycles. The van der Waals surface area contributed by atoms with Crippen LogP contribution in [0.5, 0.6) is 0 Å². The Hall–Kier alpha value is -2.04. The van der Waals surface area contributed by atoms with Crippen molar-refractivity contribution in [3.63, 3.8) is 0 Å². The lowest BCUT2D eigenvalue weighted by atomic mass is 10.1. The normalized spacial score (nSPS) is 12.9. The lowest BCUT2D eigenvalue weighted by molar-refractivity contribution is 0.401. The van der Waals surface area contributed by atoms with Crippen LogP contribution in [0.25, 0.3) is 11.0 Å². The Morgan fingerprint density at radius 2 is 2.15 bits per heavy atom. The van der Waals surface area contributed by atoms with Crippen LogP contribution in [0.4, 0.5) is 0 Å². The Kier molecular flexibility index (Phi) is 3.58. The van der Waals surface area contributed by atoms with Gasteiger partial charge in [0.05, 0.1) is 12.3 Å². The van der Waals surface area contributed by atoms with Crippen LogP contribution < -0.4 is 11.3 Å². The molecule has 104 valence electrons. The van der Waals surface area contributed by atoms with Crippen molar-refractivity contribution in [2.75, 3.05) is 0 Å². The molecular weight excluding hydrogens is 252 g/mol. The van der Waals surface area contributed by atoms with Gasteiger partial charge in [-0.15, -0.1) is 0 Å². The van der Waals surface area contributed by atoms with Crippen molar-refractivity contribution in [3.8, 4) is 0 Å². The second-order valence-electron chi connectivity index (χ2n) is 4.98. The van der Waals surface area contributed by atoms with Crippen LogP contribution in [0.15, 0.2) is 51.5 Å². The minimum atomic E-state index is -0.0214. The van der Waals surface area contributed by atoms with Gasteiger partial charge >= 0.3 is 0 Å². The fourth-order valence-electron chi connectivity index (χ4n) is 2.45. The fraction of sp³-hybridized carbons (Fsp3) is 0.250. The summed E-state index contributed by atoms with van der Waals surface area (Å²) in [5, 5.41) is 1.11. The summed E-state index contributed by atoms with van der Waals surface area (Å²) in [5.41, 5.74) is 4.89. The highest BCUT2D eigenvalue weighted by molar-refractivity contribution is 5.80.